The van der Waals surface area contributed by atoms with Crippen molar-refractivity contribution in [2.45, 2.75) is 25.9 Å². The van der Waals surface area contributed by atoms with Crippen molar-refractivity contribution in [3.05, 3.63) is 76.9 Å². The van der Waals surface area contributed by atoms with Gasteiger partial charge in [0.2, 0.25) is 0 Å². The number of hydrogen-bond donors (Lipinski definition) is 0. The van der Waals surface area contributed by atoms with Gasteiger partial charge in [-0.25, -0.2) is 0 Å². The van der Waals surface area contributed by atoms with Crippen LogP contribution in [0.5, 0.6) is 5.75 Å². The molecular formula is C21H18O3. The second-order valence-electron chi connectivity index (χ2n) is 6.47. The molecule has 2 aromatic carbocycles. The van der Waals surface area contributed by atoms with E-state index >= 15 is 0 Å². The Morgan fingerprint density at radius 1 is 1.04 bits per heavy atom. The molecule has 3 nitrogen and oxygen atoms in total. The van der Waals surface area contributed by atoms with E-state index in [2.05, 4.69) is 0 Å². The third-order valence-corrected chi connectivity index (χ3v) is 4.95. The quantitative estimate of drug-likeness (QED) is 0.856. The van der Waals surface area contributed by atoms with Gasteiger partial charge >= 0.3 is 0 Å². The minimum absolute atomic E-state index is 0.0873. The van der Waals surface area contributed by atoms with E-state index in [0.29, 0.717) is 24.2 Å². The van der Waals surface area contributed by atoms with Crippen LogP contribution in [0.3, 0.4) is 0 Å². The van der Waals surface area contributed by atoms with Gasteiger partial charge < -0.3 is 4.74 Å². The zero-order chi connectivity index (χ0) is 16.7. The zero-order valence-electron chi connectivity index (χ0n) is 13.5. The Morgan fingerprint density at radius 3 is 2.62 bits per heavy atom. The Bertz CT molecular complexity index is 849. The van der Waals surface area contributed by atoms with E-state index in [1.165, 1.54) is 0 Å². The lowest BCUT2D eigenvalue weighted by Gasteiger charge is -2.23. The summed E-state index contributed by atoms with van der Waals surface area (Å²) in [6.45, 7) is 2.24. The smallest absolute Gasteiger partial charge is 0.170 e. The fourth-order valence-corrected chi connectivity index (χ4v) is 3.69. The maximum absolute atomic E-state index is 12.7. The van der Waals surface area contributed by atoms with Gasteiger partial charge in [-0.15, -0.1) is 0 Å². The molecule has 2 atom stereocenters. The van der Waals surface area contributed by atoms with Gasteiger partial charge in [0.05, 0.1) is 0 Å². The number of benzene rings is 2. The van der Waals surface area contributed by atoms with Crippen molar-refractivity contribution in [2.75, 3.05) is 0 Å². The number of hydrogen-bond acceptors (Lipinski definition) is 3. The van der Waals surface area contributed by atoms with Gasteiger partial charge in [-0.1, -0.05) is 48.5 Å². The lowest BCUT2D eigenvalue weighted by Crippen LogP contribution is -2.21. The molecule has 0 saturated heterocycles. The molecule has 0 aliphatic heterocycles. The highest BCUT2D eigenvalue weighted by molar-refractivity contribution is 6.09. The highest BCUT2D eigenvalue weighted by atomic mass is 16.5. The predicted molar refractivity (Wildman–Crippen MR) is 91.2 cm³/mol. The summed E-state index contributed by atoms with van der Waals surface area (Å²) in [5.41, 5.74) is 3.38. The summed E-state index contributed by atoms with van der Waals surface area (Å²) in [5, 5.41) is 0. The molecule has 0 N–H and O–H groups in total. The van der Waals surface area contributed by atoms with E-state index in [1.807, 2.05) is 54.6 Å². The molecule has 0 radical (unpaired) electrons. The SMILES string of the molecule is CC1=C[C@H]2C(=O)c3cccc(OCc4ccccc4)c3[C@H]2CC1=O. The van der Waals surface area contributed by atoms with Crippen LogP contribution in [0.2, 0.25) is 0 Å². The van der Waals surface area contributed by atoms with Gasteiger partial charge in [0.1, 0.15) is 12.4 Å². The van der Waals surface area contributed by atoms with Crippen molar-refractivity contribution in [3.63, 3.8) is 0 Å². The monoisotopic (exact) mass is 318 g/mol. The summed E-state index contributed by atoms with van der Waals surface area (Å²) in [4.78, 5) is 24.8. The first-order chi connectivity index (χ1) is 11.6. The first-order valence-corrected chi connectivity index (χ1v) is 8.20. The van der Waals surface area contributed by atoms with Gasteiger partial charge in [0.15, 0.2) is 11.6 Å². The minimum Gasteiger partial charge on any atom is -0.489 e. The largest absolute Gasteiger partial charge is 0.489 e. The maximum atomic E-state index is 12.7. The Balaban J connectivity index is 1.68. The highest BCUT2D eigenvalue weighted by Gasteiger charge is 2.43. The van der Waals surface area contributed by atoms with E-state index in [0.717, 1.165) is 16.9 Å². The van der Waals surface area contributed by atoms with Gasteiger partial charge in [-0.2, -0.15) is 0 Å². The van der Waals surface area contributed by atoms with E-state index < -0.39 is 0 Å². The van der Waals surface area contributed by atoms with Crippen LogP contribution in [-0.2, 0) is 11.4 Å². The van der Waals surface area contributed by atoms with Crippen molar-refractivity contribution in [1.82, 2.24) is 0 Å². The van der Waals surface area contributed by atoms with E-state index in [4.69, 9.17) is 4.74 Å². The summed E-state index contributed by atoms with van der Waals surface area (Å²) in [5.74, 6) is 0.634. The molecule has 0 amide bonds. The van der Waals surface area contributed by atoms with Crippen molar-refractivity contribution in [2.24, 2.45) is 5.92 Å². The third kappa shape index (κ3) is 2.37. The van der Waals surface area contributed by atoms with E-state index in [-0.39, 0.29) is 23.4 Å². The summed E-state index contributed by atoms with van der Waals surface area (Å²) >= 11 is 0. The zero-order valence-corrected chi connectivity index (χ0v) is 13.5. The summed E-state index contributed by atoms with van der Waals surface area (Å²) in [6, 6.07) is 15.5. The van der Waals surface area contributed by atoms with Gasteiger partial charge in [0, 0.05) is 29.4 Å². The number of allylic oxidation sites excluding steroid dienone is 2. The summed E-state index contributed by atoms with van der Waals surface area (Å²) in [7, 11) is 0. The molecule has 0 saturated carbocycles. The fraction of sp³-hybridized carbons (Fsp3) is 0.238. The first kappa shape index (κ1) is 14.9. The molecular weight excluding hydrogens is 300 g/mol. The minimum atomic E-state index is -0.223. The summed E-state index contributed by atoms with van der Waals surface area (Å²) < 4.78 is 6.01. The van der Waals surface area contributed by atoms with Gasteiger partial charge in [-0.05, 0) is 24.1 Å². The van der Waals surface area contributed by atoms with Crippen molar-refractivity contribution < 1.29 is 14.3 Å². The summed E-state index contributed by atoms with van der Waals surface area (Å²) in [6.07, 6.45) is 2.22. The molecule has 2 aliphatic rings. The molecule has 2 aliphatic carbocycles. The van der Waals surface area contributed by atoms with Crippen LogP contribution in [0.25, 0.3) is 0 Å². The van der Waals surface area contributed by atoms with Crippen LogP contribution in [-0.4, -0.2) is 11.6 Å². The first-order valence-electron chi connectivity index (χ1n) is 8.20. The number of Topliss-reactive ketones (excluding diaryl/α,β-unsaturated/α-hetero) is 2. The fourth-order valence-electron chi connectivity index (χ4n) is 3.69. The van der Waals surface area contributed by atoms with Crippen LogP contribution in [0.1, 0.15) is 40.7 Å². The number of rotatable bonds is 3. The van der Waals surface area contributed by atoms with Gasteiger partial charge in [0.25, 0.3) is 0 Å². The van der Waals surface area contributed by atoms with E-state index in [1.54, 1.807) is 6.92 Å². The normalized spacial score (nSPS) is 22.0. The molecule has 3 heteroatoms. The third-order valence-electron chi connectivity index (χ3n) is 4.95. The molecule has 2 aromatic rings. The molecule has 0 unspecified atom stereocenters. The lowest BCUT2D eigenvalue weighted by molar-refractivity contribution is -0.116. The van der Waals surface area contributed by atoms with Crippen molar-refractivity contribution >= 4 is 11.6 Å². The standard InChI is InChI=1S/C21H18O3/c1-13-10-17-16(11-18(13)22)20-15(21(17)23)8-5-9-19(20)24-12-14-6-3-2-4-7-14/h2-10,16-17H,11-12H2,1H3/t16-,17+/m0/s1. The molecule has 0 fully saturated rings. The number of ketones is 2. The second-order valence-corrected chi connectivity index (χ2v) is 6.47. The Kier molecular flexibility index (Phi) is 3.57. The van der Waals surface area contributed by atoms with Crippen LogP contribution >= 0.6 is 0 Å². The number of fused-ring (bicyclic) bond motifs is 3. The lowest BCUT2D eigenvalue weighted by atomic mass is 9.80. The molecule has 120 valence electrons. The number of carbonyl (C=O) groups excluding carboxylic acids is 2. The van der Waals surface area contributed by atoms with Crippen LogP contribution in [0.15, 0.2) is 60.2 Å². The highest BCUT2D eigenvalue weighted by Crippen LogP contribution is 2.48. The Hall–Kier alpha value is -2.68. The average Bonchev–Trinajstić information content (AvgIpc) is 2.87. The van der Waals surface area contributed by atoms with Gasteiger partial charge in [-0.3, -0.25) is 9.59 Å². The van der Waals surface area contributed by atoms with Crippen molar-refractivity contribution in [1.29, 1.82) is 0 Å². The maximum Gasteiger partial charge on any atom is 0.170 e. The second kappa shape index (κ2) is 5.75. The van der Waals surface area contributed by atoms with E-state index in [9.17, 15) is 9.59 Å². The molecule has 4 rings (SSSR count). The van der Waals surface area contributed by atoms with Crippen LogP contribution in [0, 0.1) is 5.92 Å². The van der Waals surface area contributed by atoms with Crippen molar-refractivity contribution in [3.8, 4) is 5.75 Å². The molecule has 24 heavy (non-hydrogen) atoms. The molecule has 0 heterocycles. The number of carbonyl (C=O) groups is 2. The Labute approximate surface area is 141 Å². The topological polar surface area (TPSA) is 43.4 Å². The molecule has 0 spiro atoms. The molecule has 0 bridgehead atoms. The number of ether oxygens (including phenoxy) is 1. The molecule has 0 aromatic heterocycles. The Morgan fingerprint density at radius 2 is 1.83 bits per heavy atom. The van der Waals surface area contributed by atoms with Crippen LogP contribution in [0.4, 0.5) is 0 Å². The van der Waals surface area contributed by atoms with Crippen LogP contribution < -0.4 is 4.74 Å². The average molecular weight is 318 g/mol. The predicted octanol–water partition coefficient (Wildman–Crippen LogP) is 4.08.